The van der Waals surface area contributed by atoms with Crippen LogP contribution in [0, 0.1) is 0 Å². The van der Waals surface area contributed by atoms with E-state index in [0.29, 0.717) is 5.02 Å². The van der Waals surface area contributed by atoms with Crippen molar-refractivity contribution in [2.24, 2.45) is 0 Å². The van der Waals surface area contributed by atoms with Gasteiger partial charge in [0.1, 0.15) is 5.82 Å². The van der Waals surface area contributed by atoms with Gasteiger partial charge in [-0.2, -0.15) is 0 Å². The molecule has 3 rings (SSSR count). The van der Waals surface area contributed by atoms with Crippen LogP contribution < -0.4 is 0 Å². The normalized spacial score (nSPS) is 13.0. The van der Waals surface area contributed by atoms with Gasteiger partial charge in [-0.25, -0.2) is 4.98 Å². The predicted octanol–water partition coefficient (Wildman–Crippen LogP) is 5.86. The van der Waals surface area contributed by atoms with E-state index in [2.05, 4.69) is 36.9 Å². The molecule has 0 aliphatic carbocycles. The summed E-state index contributed by atoms with van der Waals surface area (Å²) in [6.07, 6.45) is 0. The van der Waals surface area contributed by atoms with Crippen molar-refractivity contribution < 1.29 is 0 Å². The Labute approximate surface area is 139 Å². The Morgan fingerprint density at radius 3 is 2.85 bits per heavy atom. The number of halogens is 3. The van der Waals surface area contributed by atoms with Crippen molar-refractivity contribution in [3.05, 3.63) is 49.8 Å². The molecule has 0 N–H and O–H groups in total. The number of imidazole rings is 1. The van der Waals surface area contributed by atoms with E-state index in [1.165, 1.54) is 4.88 Å². The number of rotatable bonds is 3. The van der Waals surface area contributed by atoms with E-state index in [1.807, 2.05) is 25.1 Å². The Bertz CT molecular complexity index is 764. The third-order valence-corrected chi connectivity index (χ3v) is 5.43. The lowest BCUT2D eigenvalue weighted by atomic mass is 10.3. The molecule has 2 nitrogen and oxygen atoms in total. The molecule has 0 radical (unpaired) electrons. The molecular weight excluding hydrogens is 379 g/mol. The highest BCUT2D eigenvalue weighted by atomic mass is 79.9. The number of alkyl halides is 1. The Morgan fingerprint density at radius 2 is 2.20 bits per heavy atom. The summed E-state index contributed by atoms with van der Waals surface area (Å²) in [7, 11) is 0. The van der Waals surface area contributed by atoms with Crippen LogP contribution in [-0.4, -0.2) is 9.55 Å². The van der Waals surface area contributed by atoms with Gasteiger partial charge in [-0.05, 0) is 52.5 Å². The molecule has 0 fully saturated rings. The topological polar surface area (TPSA) is 17.8 Å². The minimum Gasteiger partial charge on any atom is -0.321 e. The standard InChI is InChI=1S/C14H11BrCl2N2S/c1-8(16)14-18-11-6-9(17)2-3-12(11)19(14)7-13-10(15)4-5-20-13/h2-6,8H,7H2,1H3. The average Bonchev–Trinajstić information content (AvgIpc) is 2.95. The van der Waals surface area contributed by atoms with Crippen LogP contribution in [0.5, 0.6) is 0 Å². The summed E-state index contributed by atoms with van der Waals surface area (Å²) in [6.45, 7) is 2.69. The van der Waals surface area contributed by atoms with E-state index >= 15 is 0 Å². The SMILES string of the molecule is CC(Cl)c1nc2cc(Cl)ccc2n1Cc1sccc1Br. The van der Waals surface area contributed by atoms with Crippen LogP contribution in [0.25, 0.3) is 11.0 Å². The van der Waals surface area contributed by atoms with Gasteiger partial charge in [-0.3, -0.25) is 0 Å². The number of hydrogen-bond acceptors (Lipinski definition) is 2. The minimum absolute atomic E-state index is 0.153. The zero-order valence-corrected chi connectivity index (χ0v) is 14.5. The van der Waals surface area contributed by atoms with Crippen LogP contribution in [0.1, 0.15) is 23.0 Å². The third-order valence-electron chi connectivity index (χ3n) is 3.09. The smallest absolute Gasteiger partial charge is 0.128 e. The maximum absolute atomic E-state index is 6.27. The average molecular weight is 390 g/mol. The van der Waals surface area contributed by atoms with Gasteiger partial charge in [0, 0.05) is 14.4 Å². The molecule has 2 heterocycles. The van der Waals surface area contributed by atoms with E-state index in [1.54, 1.807) is 11.3 Å². The molecule has 104 valence electrons. The molecule has 1 unspecified atom stereocenters. The largest absolute Gasteiger partial charge is 0.321 e. The van der Waals surface area contributed by atoms with Crippen molar-refractivity contribution in [1.82, 2.24) is 9.55 Å². The van der Waals surface area contributed by atoms with Crippen molar-refractivity contribution in [3.63, 3.8) is 0 Å². The Balaban J connectivity index is 2.16. The monoisotopic (exact) mass is 388 g/mol. The van der Waals surface area contributed by atoms with E-state index in [9.17, 15) is 0 Å². The first-order valence-corrected chi connectivity index (χ1v) is 8.56. The van der Waals surface area contributed by atoms with Crippen molar-refractivity contribution in [2.75, 3.05) is 0 Å². The van der Waals surface area contributed by atoms with Crippen molar-refractivity contribution >= 4 is 61.5 Å². The fourth-order valence-corrected chi connectivity index (χ4v) is 3.97. The van der Waals surface area contributed by atoms with Crippen LogP contribution in [0.15, 0.2) is 34.1 Å². The van der Waals surface area contributed by atoms with Gasteiger partial charge in [0.25, 0.3) is 0 Å². The number of thiophene rings is 1. The maximum atomic E-state index is 6.27. The summed E-state index contributed by atoms with van der Waals surface area (Å²) in [4.78, 5) is 5.87. The fourth-order valence-electron chi connectivity index (χ4n) is 2.17. The van der Waals surface area contributed by atoms with Crippen LogP contribution in [0.2, 0.25) is 5.02 Å². The molecule has 0 saturated heterocycles. The second-order valence-electron chi connectivity index (χ2n) is 4.50. The first-order chi connectivity index (χ1) is 9.56. The molecule has 0 aliphatic rings. The quantitative estimate of drug-likeness (QED) is 0.512. The van der Waals surface area contributed by atoms with Gasteiger partial charge < -0.3 is 4.57 Å². The first kappa shape index (κ1) is 14.4. The number of hydrogen-bond donors (Lipinski definition) is 0. The van der Waals surface area contributed by atoms with Gasteiger partial charge >= 0.3 is 0 Å². The molecule has 0 bridgehead atoms. The summed E-state index contributed by atoms with van der Waals surface area (Å²) < 4.78 is 3.27. The van der Waals surface area contributed by atoms with E-state index < -0.39 is 0 Å². The molecule has 3 aromatic rings. The summed E-state index contributed by atoms with van der Waals surface area (Å²) in [6, 6.07) is 7.81. The lowest BCUT2D eigenvalue weighted by molar-refractivity contribution is 0.749. The highest BCUT2D eigenvalue weighted by molar-refractivity contribution is 9.10. The zero-order valence-electron chi connectivity index (χ0n) is 10.6. The van der Waals surface area contributed by atoms with Crippen LogP contribution in [0.4, 0.5) is 0 Å². The molecule has 0 spiro atoms. The number of aromatic nitrogens is 2. The second kappa shape index (κ2) is 5.68. The maximum Gasteiger partial charge on any atom is 0.128 e. The summed E-state index contributed by atoms with van der Waals surface area (Å²) >= 11 is 17.6. The molecule has 20 heavy (non-hydrogen) atoms. The second-order valence-corrected chi connectivity index (χ2v) is 7.44. The summed E-state index contributed by atoms with van der Waals surface area (Å²) in [5.74, 6) is 0.865. The Hall–Kier alpha value is -0.550. The van der Waals surface area contributed by atoms with E-state index in [-0.39, 0.29) is 5.38 Å². The molecule has 1 atom stereocenters. The summed E-state index contributed by atoms with van der Waals surface area (Å²) in [5, 5.41) is 2.60. The lowest BCUT2D eigenvalue weighted by Gasteiger charge is -2.09. The molecule has 1 aromatic carbocycles. The highest BCUT2D eigenvalue weighted by Crippen LogP contribution is 2.30. The van der Waals surface area contributed by atoms with Gasteiger partial charge in [0.2, 0.25) is 0 Å². The number of benzene rings is 1. The predicted molar refractivity (Wildman–Crippen MR) is 90.1 cm³/mol. The van der Waals surface area contributed by atoms with Crippen molar-refractivity contribution in [3.8, 4) is 0 Å². The number of nitrogens with zero attached hydrogens (tertiary/aromatic N) is 2. The number of fused-ring (bicyclic) bond motifs is 1. The zero-order chi connectivity index (χ0) is 14.3. The van der Waals surface area contributed by atoms with Crippen molar-refractivity contribution in [2.45, 2.75) is 18.8 Å². The van der Waals surface area contributed by atoms with Gasteiger partial charge in [-0.1, -0.05) is 11.6 Å². The Kier molecular flexibility index (Phi) is 4.09. The van der Waals surface area contributed by atoms with Gasteiger partial charge in [0.15, 0.2) is 0 Å². The van der Waals surface area contributed by atoms with E-state index in [4.69, 9.17) is 23.2 Å². The summed E-state index contributed by atoms with van der Waals surface area (Å²) in [5.41, 5.74) is 1.94. The van der Waals surface area contributed by atoms with Gasteiger partial charge in [-0.15, -0.1) is 22.9 Å². The minimum atomic E-state index is -0.153. The van der Waals surface area contributed by atoms with Crippen LogP contribution in [0.3, 0.4) is 0 Å². The molecule has 0 amide bonds. The van der Waals surface area contributed by atoms with Crippen molar-refractivity contribution in [1.29, 1.82) is 0 Å². The van der Waals surface area contributed by atoms with Crippen LogP contribution >= 0.6 is 50.5 Å². The molecule has 2 aromatic heterocycles. The molecule has 6 heteroatoms. The molecule has 0 saturated carbocycles. The van der Waals surface area contributed by atoms with E-state index in [0.717, 1.165) is 27.9 Å². The first-order valence-electron chi connectivity index (χ1n) is 6.08. The van der Waals surface area contributed by atoms with Crippen LogP contribution in [-0.2, 0) is 6.54 Å². The third kappa shape index (κ3) is 2.62. The highest BCUT2D eigenvalue weighted by Gasteiger charge is 2.16. The van der Waals surface area contributed by atoms with Gasteiger partial charge in [0.05, 0.1) is 23.0 Å². The fraction of sp³-hybridized carbons (Fsp3) is 0.214. The molecule has 0 aliphatic heterocycles. The Morgan fingerprint density at radius 1 is 1.40 bits per heavy atom. The lowest BCUT2D eigenvalue weighted by Crippen LogP contribution is -2.05. The molecular formula is C14H11BrCl2N2S.